The van der Waals surface area contributed by atoms with Gasteiger partial charge < -0.3 is 15.0 Å². The molecular formula is C29H29FN6O4S. The van der Waals surface area contributed by atoms with E-state index in [1.165, 1.54) is 18.2 Å². The number of nitrogens with zero attached hydrogens (tertiary/aromatic N) is 4. The van der Waals surface area contributed by atoms with Crippen molar-refractivity contribution in [3.05, 3.63) is 77.4 Å². The van der Waals surface area contributed by atoms with Gasteiger partial charge in [0, 0.05) is 48.9 Å². The number of hydrogen-bond donors (Lipinski definition) is 2. The van der Waals surface area contributed by atoms with Gasteiger partial charge in [0.2, 0.25) is 10.0 Å². The molecule has 1 fully saturated rings. The number of halogens is 1. The predicted molar refractivity (Wildman–Crippen MR) is 151 cm³/mol. The highest BCUT2D eigenvalue weighted by atomic mass is 32.2. The van der Waals surface area contributed by atoms with Crippen LogP contribution in [0.3, 0.4) is 0 Å². The summed E-state index contributed by atoms with van der Waals surface area (Å²) in [7, 11) is -3.62. The maximum absolute atomic E-state index is 14.7. The van der Waals surface area contributed by atoms with Gasteiger partial charge in [-0.25, -0.2) is 27.5 Å². The maximum atomic E-state index is 14.7. The minimum atomic E-state index is -3.62. The molecule has 0 aliphatic carbocycles. The lowest BCUT2D eigenvalue weighted by Gasteiger charge is -2.36. The van der Waals surface area contributed by atoms with Crippen LogP contribution in [0.25, 0.3) is 22.3 Å². The van der Waals surface area contributed by atoms with Gasteiger partial charge in [-0.3, -0.25) is 9.78 Å². The maximum Gasteiger partial charge on any atom is 0.251 e. The number of fused-ring (bicyclic) bond motifs is 2. The van der Waals surface area contributed by atoms with E-state index < -0.39 is 21.7 Å². The molecule has 2 N–H and O–H groups in total. The van der Waals surface area contributed by atoms with Crippen LogP contribution in [0, 0.1) is 5.82 Å². The lowest BCUT2D eigenvalue weighted by molar-refractivity contribution is -0.00547. The molecular weight excluding hydrogens is 547 g/mol. The summed E-state index contributed by atoms with van der Waals surface area (Å²) in [4.78, 5) is 28.8. The fourth-order valence-corrected chi connectivity index (χ4v) is 6.59. The average Bonchev–Trinajstić information content (AvgIpc) is 2.94. The molecule has 2 atom stereocenters. The molecule has 12 heteroatoms. The van der Waals surface area contributed by atoms with Crippen molar-refractivity contribution in [3.63, 3.8) is 0 Å². The van der Waals surface area contributed by atoms with Crippen LogP contribution in [0.5, 0.6) is 0 Å². The quantitative estimate of drug-likeness (QED) is 0.371. The van der Waals surface area contributed by atoms with Gasteiger partial charge in [0.25, 0.3) is 5.91 Å². The summed E-state index contributed by atoms with van der Waals surface area (Å²) >= 11 is 0. The van der Waals surface area contributed by atoms with Crippen molar-refractivity contribution < 1.29 is 22.3 Å². The Hall–Kier alpha value is -4.00. The Bertz CT molecular complexity index is 1760. The summed E-state index contributed by atoms with van der Waals surface area (Å²) in [6, 6.07) is 12.9. The Morgan fingerprint density at radius 1 is 1.07 bits per heavy atom. The molecule has 2 aliphatic rings. The molecule has 4 aromatic rings. The Kier molecular flexibility index (Phi) is 7.14. The molecule has 3 aromatic heterocycles. The summed E-state index contributed by atoms with van der Waals surface area (Å²) < 4.78 is 47.6. The number of rotatable bonds is 5. The van der Waals surface area contributed by atoms with Crippen molar-refractivity contribution in [2.75, 3.05) is 24.5 Å². The van der Waals surface area contributed by atoms with Gasteiger partial charge in [-0.05, 0) is 56.2 Å². The van der Waals surface area contributed by atoms with Gasteiger partial charge in [0.05, 0.1) is 46.2 Å². The van der Waals surface area contributed by atoms with Crippen LogP contribution in [-0.4, -0.2) is 61.1 Å². The van der Waals surface area contributed by atoms with E-state index in [-0.39, 0.29) is 29.2 Å². The number of benzene rings is 1. The van der Waals surface area contributed by atoms with Crippen molar-refractivity contribution in [2.45, 2.75) is 43.9 Å². The molecule has 2 aliphatic heterocycles. The monoisotopic (exact) mass is 576 g/mol. The van der Waals surface area contributed by atoms with Gasteiger partial charge >= 0.3 is 0 Å². The highest BCUT2D eigenvalue weighted by molar-refractivity contribution is 7.89. The minimum absolute atomic E-state index is 0.00904. The number of aromatic nitrogens is 3. The molecule has 0 unspecified atom stereocenters. The van der Waals surface area contributed by atoms with Crippen LogP contribution in [0.1, 0.15) is 35.5 Å². The Balaban J connectivity index is 1.21. The highest BCUT2D eigenvalue weighted by Crippen LogP contribution is 2.26. The molecule has 6 rings (SSSR count). The zero-order valence-electron chi connectivity index (χ0n) is 22.6. The number of ether oxygens (including phenoxy) is 1. The Labute approximate surface area is 237 Å². The van der Waals surface area contributed by atoms with Gasteiger partial charge in [0.1, 0.15) is 11.6 Å². The van der Waals surface area contributed by atoms with E-state index in [2.05, 4.69) is 15.0 Å². The molecule has 1 aromatic carbocycles. The number of morpholine rings is 1. The summed E-state index contributed by atoms with van der Waals surface area (Å²) in [6.07, 6.45) is 2.25. The van der Waals surface area contributed by atoms with Gasteiger partial charge in [-0.2, -0.15) is 0 Å². The Morgan fingerprint density at radius 3 is 2.68 bits per heavy atom. The van der Waals surface area contributed by atoms with Crippen LogP contribution >= 0.6 is 0 Å². The fraction of sp³-hybridized carbons (Fsp3) is 0.310. The Morgan fingerprint density at radius 2 is 1.88 bits per heavy atom. The zero-order chi connectivity index (χ0) is 28.7. The number of nitrogens with one attached hydrogen (secondary N) is 2. The summed E-state index contributed by atoms with van der Waals surface area (Å²) in [6.45, 7) is 5.65. The number of hydrogen-bond acceptors (Lipinski definition) is 8. The van der Waals surface area contributed by atoms with E-state index in [4.69, 9.17) is 14.7 Å². The van der Waals surface area contributed by atoms with Crippen molar-refractivity contribution in [3.8, 4) is 11.4 Å². The lowest BCUT2D eigenvalue weighted by Crippen LogP contribution is -2.45. The second-order valence-electron chi connectivity index (χ2n) is 10.4. The zero-order valence-corrected chi connectivity index (χ0v) is 23.4. The lowest BCUT2D eigenvalue weighted by atomic mass is 10.1. The summed E-state index contributed by atoms with van der Waals surface area (Å²) in [5, 5.41) is 3.58. The van der Waals surface area contributed by atoms with E-state index in [1.807, 2.05) is 24.8 Å². The van der Waals surface area contributed by atoms with Crippen LogP contribution in [0.2, 0.25) is 0 Å². The van der Waals surface area contributed by atoms with Crippen LogP contribution in [0.15, 0.2) is 59.6 Å². The van der Waals surface area contributed by atoms with Crippen LogP contribution in [-0.2, 0) is 27.7 Å². The molecule has 0 radical (unpaired) electrons. The number of sulfonamides is 1. The van der Waals surface area contributed by atoms with E-state index in [0.29, 0.717) is 60.0 Å². The highest BCUT2D eigenvalue weighted by Gasteiger charge is 2.25. The first kappa shape index (κ1) is 27.2. The van der Waals surface area contributed by atoms with Crippen LogP contribution in [0.4, 0.5) is 10.2 Å². The summed E-state index contributed by atoms with van der Waals surface area (Å²) in [5.41, 5.74) is 3.04. The van der Waals surface area contributed by atoms with Gasteiger partial charge in [-0.1, -0.05) is 6.07 Å². The molecule has 0 bridgehead atoms. The minimum Gasteiger partial charge on any atom is -0.372 e. The van der Waals surface area contributed by atoms with E-state index in [9.17, 15) is 17.6 Å². The predicted octanol–water partition coefficient (Wildman–Crippen LogP) is 3.21. The summed E-state index contributed by atoms with van der Waals surface area (Å²) in [5.74, 6) is -0.282. The smallest absolute Gasteiger partial charge is 0.251 e. The first-order valence-corrected chi connectivity index (χ1v) is 14.9. The normalized spacial score (nSPS) is 20.0. The molecule has 41 heavy (non-hydrogen) atoms. The number of anilines is 1. The van der Waals surface area contributed by atoms with Gasteiger partial charge in [-0.15, -0.1) is 0 Å². The fourth-order valence-electron chi connectivity index (χ4n) is 5.26. The third-order valence-corrected chi connectivity index (χ3v) is 8.69. The third kappa shape index (κ3) is 5.76. The molecule has 10 nitrogen and oxygen atoms in total. The third-order valence-electron chi connectivity index (χ3n) is 7.15. The number of amides is 1. The first-order chi connectivity index (χ1) is 19.6. The van der Waals surface area contributed by atoms with E-state index in [1.54, 1.807) is 30.5 Å². The topological polar surface area (TPSA) is 126 Å². The van der Waals surface area contributed by atoms with Crippen molar-refractivity contribution in [1.82, 2.24) is 25.0 Å². The average molecular weight is 577 g/mol. The molecule has 1 amide bonds. The SMILES string of the molecule is C[C@@H]1CN(c2cc(F)cc(-c3ccc4cnc(CNC(=O)c5ccc6c(c5)S(=O)(=O)NCC6)cc4n3)n2)C[C@H](C)O1. The first-order valence-electron chi connectivity index (χ1n) is 13.4. The molecule has 0 spiro atoms. The van der Waals surface area contributed by atoms with Crippen molar-refractivity contribution in [1.29, 1.82) is 0 Å². The van der Waals surface area contributed by atoms with Crippen molar-refractivity contribution in [2.24, 2.45) is 0 Å². The van der Waals surface area contributed by atoms with E-state index in [0.717, 1.165) is 5.39 Å². The number of pyridine rings is 3. The van der Waals surface area contributed by atoms with Crippen molar-refractivity contribution >= 4 is 32.7 Å². The molecule has 212 valence electrons. The number of carbonyl (C=O) groups is 1. The standard InChI is InChI=1S/C29H29FN6O4S/c1-17-15-36(16-18(2)40-17)28-11-22(30)10-26(35-28)24-6-5-21-13-31-23(12-25(21)34-24)14-32-29(37)20-4-3-19-7-8-33-41(38,39)27(19)9-20/h3-6,9-13,17-18,33H,7-8,14-16H2,1-2H3,(H,32,37)/t17-,18+. The second kappa shape index (κ2) is 10.8. The second-order valence-corrected chi connectivity index (χ2v) is 12.1. The molecule has 5 heterocycles. The number of carbonyl (C=O) groups excluding carboxylic acids is 1. The molecule has 0 saturated carbocycles. The van der Waals surface area contributed by atoms with Crippen LogP contribution < -0.4 is 14.9 Å². The largest absolute Gasteiger partial charge is 0.372 e. The molecule has 1 saturated heterocycles. The van der Waals surface area contributed by atoms with E-state index >= 15 is 0 Å². The van der Waals surface area contributed by atoms with Gasteiger partial charge in [0.15, 0.2) is 0 Å².